The zero-order valence-electron chi connectivity index (χ0n) is 12.1. The molecule has 1 aliphatic heterocycles. The van der Waals surface area contributed by atoms with Crippen molar-refractivity contribution in [1.29, 1.82) is 0 Å². The monoisotopic (exact) mass is 339 g/mol. The number of benzene rings is 1. The normalized spacial score (nSPS) is 23.9. The minimum Gasteiger partial charge on any atom is -0.388 e. The van der Waals surface area contributed by atoms with Crippen molar-refractivity contribution in [3.63, 3.8) is 0 Å². The molecule has 1 aromatic rings. The average molecular weight is 340 g/mol. The second kappa shape index (κ2) is 6.27. The first-order valence-electron chi connectivity index (χ1n) is 7.17. The van der Waals surface area contributed by atoms with Crippen molar-refractivity contribution >= 4 is 21.8 Å². The van der Waals surface area contributed by atoms with E-state index in [1.54, 1.807) is 6.92 Å². The lowest BCUT2D eigenvalue weighted by atomic mass is 9.95. The molecule has 2 atom stereocenters. The lowest BCUT2D eigenvalue weighted by Crippen LogP contribution is -2.38. The molecule has 2 unspecified atom stereocenters. The first-order valence-corrected chi connectivity index (χ1v) is 7.97. The number of hydrogen-bond acceptors (Lipinski definition) is 2. The Morgan fingerprint density at radius 1 is 1.50 bits per heavy atom. The Hall–Kier alpha value is -0.870. The molecule has 0 aromatic heterocycles. The van der Waals surface area contributed by atoms with E-state index in [1.807, 2.05) is 30.0 Å². The predicted molar refractivity (Wildman–Crippen MR) is 83.4 cm³/mol. The molecule has 4 heteroatoms. The molecule has 1 saturated heterocycles. The van der Waals surface area contributed by atoms with Crippen LogP contribution in [0.1, 0.15) is 32.3 Å². The third kappa shape index (κ3) is 3.61. The van der Waals surface area contributed by atoms with Crippen LogP contribution in [0.5, 0.6) is 0 Å². The number of halogens is 1. The highest BCUT2D eigenvalue weighted by atomic mass is 79.9. The first kappa shape index (κ1) is 15.5. The maximum Gasteiger partial charge on any atom is 0.226 e. The Kier molecular flexibility index (Phi) is 4.86. The van der Waals surface area contributed by atoms with Crippen molar-refractivity contribution in [1.82, 2.24) is 4.90 Å². The fourth-order valence-corrected chi connectivity index (χ4v) is 3.17. The van der Waals surface area contributed by atoms with E-state index in [9.17, 15) is 9.90 Å². The second-order valence-corrected chi connectivity index (χ2v) is 6.76. The summed E-state index contributed by atoms with van der Waals surface area (Å²) in [6.07, 6.45) is 2.23. The fraction of sp³-hybridized carbons (Fsp3) is 0.562. The lowest BCUT2D eigenvalue weighted by Gasteiger charge is -2.24. The summed E-state index contributed by atoms with van der Waals surface area (Å²) in [5, 5.41) is 10.0. The van der Waals surface area contributed by atoms with Crippen molar-refractivity contribution in [3.05, 3.63) is 34.3 Å². The van der Waals surface area contributed by atoms with Crippen LogP contribution in [0, 0.1) is 5.92 Å². The molecular weight excluding hydrogens is 318 g/mol. The molecule has 20 heavy (non-hydrogen) atoms. The molecular formula is C16H22BrNO2. The number of β-amino-alcohol motifs (C(OH)–C–C–N with tert-alkyl or cyclic N) is 1. The number of rotatable bonds is 4. The van der Waals surface area contributed by atoms with E-state index in [0.717, 1.165) is 17.3 Å². The third-order valence-corrected chi connectivity index (χ3v) is 4.80. The summed E-state index contributed by atoms with van der Waals surface area (Å²) in [6, 6.07) is 8.04. The number of carbonyl (C=O) groups excluding carboxylic acids is 1. The number of hydrogen-bond donors (Lipinski definition) is 1. The van der Waals surface area contributed by atoms with Crippen LogP contribution in [-0.2, 0) is 11.2 Å². The molecule has 1 aliphatic rings. The molecule has 1 amide bonds. The van der Waals surface area contributed by atoms with Crippen LogP contribution in [-0.4, -0.2) is 34.6 Å². The lowest BCUT2D eigenvalue weighted by molar-refractivity contribution is -0.135. The van der Waals surface area contributed by atoms with Crippen molar-refractivity contribution in [2.24, 2.45) is 5.92 Å². The van der Waals surface area contributed by atoms with Gasteiger partial charge in [0.25, 0.3) is 0 Å². The SMILES string of the molecule is CCC(Cc1ccccc1Br)C(=O)N1CCC(C)(O)C1. The molecule has 0 saturated carbocycles. The predicted octanol–water partition coefficient (Wildman–Crippen LogP) is 3.00. The Bertz CT molecular complexity index is 487. The van der Waals surface area contributed by atoms with E-state index >= 15 is 0 Å². The minimum atomic E-state index is -0.721. The van der Waals surface area contributed by atoms with Gasteiger partial charge in [0, 0.05) is 23.5 Å². The minimum absolute atomic E-state index is 0.0115. The summed E-state index contributed by atoms with van der Waals surface area (Å²) in [6.45, 7) is 4.97. The standard InChI is InChI=1S/C16H22BrNO2/c1-3-12(10-13-6-4-5-7-14(13)17)15(19)18-9-8-16(2,20)11-18/h4-7,12,20H,3,8-11H2,1-2H3. The number of carbonyl (C=O) groups is 1. The van der Waals surface area contributed by atoms with Gasteiger partial charge in [-0.05, 0) is 37.8 Å². The van der Waals surface area contributed by atoms with Gasteiger partial charge >= 0.3 is 0 Å². The largest absolute Gasteiger partial charge is 0.388 e. The Morgan fingerprint density at radius 2 is 2.20 bits per heavy atom. The molecule has 110 valence electrons. The zero-order valence-corrected chi connectivity index (χ0v) is 13.7. The summed E-state index contributed by atoms with van der Waals surface area (Å²) in [4.78, 5) is 14.4. The maximum atomic E-state index is 12.6. The summed E-state index contributed by atoms with van der Waals surface area (Å²) >= 11 is 3.54. The van der Waals surface area contributed by atoms with Gasteiger partial charge in [-0.25, -0.2) is 0 Å². The van der Waals surface area contributed by atoms with Gasteiger partial charge in [-0.15, -0.1) is 0 Å². The highest BCUT2D eigenvalue weighted by Gasteiger charge is 2.36. The van der Waals surface area contributed by atoms with E-state index < -0.39 is 5.60 Å². The molecule has 1 heterocycles. The molecule has 0 spiro atoms. The summed E-state index contributed by atoms with van der Waals surface area (Å²) in [7, 11) is 0. The van der Waals surface area contributed by atoms with Gasteiger partial charge in [0.05, 0.1) is 5.60 Å². The van der Waals surface area contributed by atoms with Gasteiger partial charge in [-0.3, -0.25) is 4.79 Å². The van der Waals surface area contributed by atoms with Crippen LogP contribution >= 0.6 is 15.9 Å². The molecule has 0 radical (unpaired) electrons. The van der Waals surface area contributed by atoms with Crippen molar-refractivity contribution in [2.75, 3.05) is 13.1 Å². The van der Waals surface area contributed by atoms with Crippen LogP contribution in [0.4, 0.5) is 0 Å². The number of amides is 1. The molecule has 0 bridgehead atoms. The zero-order chi connectivity index (χ0) is 14.8. The molecule has 2 rings (SSSR count). The van der Waals surface area contributed by atoms with Gasteiger partial charge in [0.2, 0.25) is 5.91 Å². The number of likely N-dealkylation sites (tertiary alicyclic amines) is 1. The van der Waals surface area contributed by atoms with E-state index in [-0.39, 0.29) is 11.8 Å². The highest BCUT2D eigenvalue weighted by Crippen LogP contribution is 2.26. The average Bonchev–Trinajstić information content (AvgIpc) is 2.77. The van der Waals surface area contributed by atoms with Crippen LogP contribution < -0.4 is 0 Å². The van der Waals surface area contributed by atoms with Crippen molar-refractivity contribution in [2.45, 2.75) is 38.7 Å². The van der Waals surface area contributed by atoms with Gasteiger partial charge in [-0.2, -0.15) is 0 Å². The van der Waals surface area contributed by atoms with Gasteiger partial charge in [0.15, 0.2) is 0 Å². The number of aliphatic hydroxyl groups is 1. The van der Waals surface area contributed by atoms with Crippen molar-refractivity contribution in [3.8, 4) is 0 Å². The Morgan fingerprint density at radius 3 is 2.75 bits per heavy atom. The molecule has 3 nitrogen and oxygen atoms in total. The maximum absolute atomic E-state index is 12.6. The Labute approximate surface area is 129 Å². The summed E-state index contributed by atoms with van der Waals surface area (Å²) in [5.74, 6) is 0.156. The van der Waals surface area contributed by atoms with E-state index in [0.29, 0.717) is 19.5 Å². The summed E-state index contributed by atoms with van der Waals surface area (Å²) in [5.41, 5.74) is 0.444. The second-order valence-electron chi connectivity index (χ2n) is 5.91. The van der Waals surface area contributed by atoms with E-state index in [2.05, 4.69) is 22.0 Å². The molecule has 0 aliphatic carbocycles. The Balaban J connectivity index is 2.05. The molecule has 1 N–H and O–H groups in total. The smallest absolute Gasteiger partial charge is 0.226 e. The molecule has 1 fully saturated rings. The number of nitrogens with zero attached hydrogens (tertiary/aromatic N) is 1. The van der Waals surface area contributed by atoms with E-state index in [4.69, 9.17) is 0 Å². The quantitative estimate of drug-likeness (QED) is 0.915. The van der Waals surface area contributed by atoms with Crippen LogP contribution in [0.15, 0.2) is 28.7 Å². The van der Waals surface area contributed by atoms with Crippen molar-refractivity contribution < 1.29 is 9.90 Å². The highest BCUT2D eigenvalue weighted by molar-refractivity contribution is 9.10. The van der Waals surface area contributed by atoms with Crippen LogP contribution in [0.25, 0.3) is 0 Å². The van der Waals surface area contributed by atoms with Gasteiger partial charge in [-0.1, -0.05) is 41.1 Å². The van der Waals surface area contributed by atoms with Gasteiger partial charge < -0.3 is 10.0 Å². The topological polar surface area (TPSA) is 40.5 Å². The first-order chi connectivity index (χ1) is 9.43. The summed E-state index contributed by atoms with van der Waals surface area (Å²) < 4.78 is 1.06. The molecule has 1 aromatic carbocycles. The van der Waals surface area contributed by atoms with Crippen LogP contribution in [0.2, 0.25) is 0 Å². The third-order valence-electron chi connectivity index (χ3n) is 4.03. The fourth-order valence-electron chi connectivity index (χ4n) is 2.73. The van der Waals surface area contributed by atoms with E-state index in [1.165, 1.54) is 5.56 Å². The van der Waals surface area contributed by atoms with Crippen LogP contribution in [0.3, 0.4) is 0 Å². The van der Waals surface area contributed by atoms with Gasteiger partial charge in [0.1, 0.15) is 0 Å².